The number of Topliss-reactive ketones (excluding diaryl/α,β-unsaturated/α-hetero) is 1. The van der Waals surface area contributed by atoms with E-state index >= 15 is 0 Å². The summed E-state index contributed by atoms with van der Waals surface area (Å²) < 4.78 is 13.4. The van der Waals surface area contributed by atoms with E-state index in [0.717, 1.165) is 10.6 Å². The number of rotatable bonds is 5. The molecule has 0 aliphatic carbocycles. The molecule has 1 saturated heterocycles. The fourth-order valence-corrected chi connectivity index (χ4v) is 4.46. The molecular formula is C24H22FN3O3S. The number of benzene rings is 2. The number of aliphatic hydroxyl groups excluding tert-OH is 1. The molecule has 3 aromatic rings. The number of aliphatic hydroxyl groups is 1. The lowest BCUT2D eigenvalue weighted by atomic mass is 9.93. The second kappa shape index (κ2) is 8.63. The molecule has 2 heterocycles. The molecule has 1 fully saturated rings. The monoisotopic (exact) mass is 451 g/mol. The molecule has 0 bridgehead atoms. The lowest BCUT2D eigenvalue weighted by molar-refractivity contribution is -0.132. The first-order valence-corrected chi connectivity index (χ1v) is 11.1. The van der Waals surface area contributed by atoms with Gasteiger partial charge in [-0.15, -0.1) is 10.2 Å². The van der Waals surface area contributed by atoms with Gasteiger partial charge in [-0.1, -0.05) is 56.4 Å². The summed E-state index contributed by atoms with van der Waals surface area (Å²) in [5.41, 5.74) is 1.95. The van der Waals surface area contributed by atoms with Crippen LogP contribution >= 0.6 is 11.3 Å². The summed E-state index contributed by atoms with van der Waals surface area (Å²) in [6.45, 7) is 6.07. The molecule has 1 aliphatic rings. The van der Waals surface area contributed by atoms with E-state index in [4.69, 9.17) is 0 Å². The topological polar surface area (TPSA) is 83.4 Å². The predicted octanol–water partition coefficient (Wildman–Crippen LogP) is 4.99. The van der Waals surface area contributed by atoms with Crippen LogP contribution in [0.4, 0.5) is 9.52 Å². The first kappa shape index (κ1) is 21.8. The number of hydrogen-bond donors (Lipinski definition) is 1. The Labute approximate surface area is 189 Å². The molecule has 1 unspecified atom stereocenters. The molecule has 164 valence electrons. The zero-order chi connectivity index (χ0) is 23.0. The number of aromatic nitrogens is 2. The van der Waals surface area contributed by atoms with Gasteiger partial charge in [0, 0.05) is 5.56 Å². The van der Waals surface area contributed by atoms with Crippen LogP contribution in [0.2, 0.25) is 0 Å². The van der Waals surface area contributed by atoms with E-state index in [-0.39, 0.29) is 16.9 Å². The van der Waals surface area contributed by atoms with Crippen LogP contribution in [0.3, 0.4) is 0 Å². The number of halogens is 1. The summed E-state index contributed by atoms with van der Waals surface area (Å²) in [6.07, 6.45) is 0.644. The SMILES string of the molecule is CCc1nnc(N2C(=O)C(=O)/C(=C(/O)c3ccc(F)cc3)C2c2ccc(C(C)C)cc2)s1. The number of aryl methyl sites for hydroxylation is 1. The molecule has 0 saturated carbocycles. The number of anilines is 1. The van der Waals surface area contributed by atoms with Gasteiger partial charge in [-0.3, -0.25) is 14.5 Å². The van der Waals surface area contributed by atoms with Crippen LogP contribution in [-0.2, 0) is 16.0 Å². The van der Waals surface area contributed by atoms with Crippen molar-refractivity contribution in [1.29, 1.82) is 0 Å². The molecule has 4 rings (SSSR count). The highest BCUT2D eigenvalue weighted by Gasteiger charge is 2.48. The van der Waals surface area contributed by atoms with Crippen LogP contribution in [-0.4, -0.2) is 27.0 Å². The van der Waals surface area contributed by atoms with Gasteiger partial charge in [0.15, 0.2) is 0 Å². The van der Waals surface area contributed by atoms with Crippen molar-refractivity contribution in [3.05, 3.63) is 81.6 Å². The van der Waals surface area contributed by atoms with Crippen molar-refractivity contribution in [2.75, 3.05) is 4.90 Å². The van der Waals surface area contributed by atoms with E-state index in [0.29, 0.717) is 23.0 Å². The van der Waals surface area contributed by atoms with Gasteiger partial charge in [-0.25, -0.2) is 4.39 Å². The van der Waals surface area contributed by atoms with Crippen LogP contribution < -0.4 is 4.90 Å². The third-order valence-electron chi connectivity index (χ3n) is 5.45. The summed E-state index contributed by atoms with van der Waals surface area (Å²) in [5, 5.41) is 20.2. The maximum Gasteiger partial charge on any atom is 0.301 e. The maximum absolute atomic E-state index is 13.4. The highest BCUT2D eigenvalue weighted by atomic mass is 32.1. The minimum absolute atomic E-state index is 0.0628. The van der Waals surface area contributed by atoms with Crippen molar-refractivity contribution in [2.24, 2.45) is 0 Å². The van der Waals surface area contributed by atoms with Crippen LogP contribution in [0, 0.1) is 5.82 Å². The number of nitrogens with zero attached hydrogens (tertiary/aromatic N) is 3. The Morgan fingerprint density at radius 3 is 2.31 bits per heavy atom. The largest absolute Gasteiger partial charge is 0.507 e. The van der Waals surface area contributed by atoms with Gasteiger partial charge < -0.3 is 5.11 Å². The minimum atomic E-state index is -0.876. The third-order valence-corrected chi connectivity index (χ3v) is 6.51. The van der Waals surface area contributed by atoms with Gasteiger partial charge in [-0.05, 0) is 47.7 Å². The Kier molecular flexibility index (Phi) is 5.88. The number of amides is 1. The number of hydrogen-bond acceptors (Lipinski definition) is 6. The van der Waals surface area contributed by atoms with Crippen molar-refractivity contribution in [1.82, 2.24) is 10.2 Å². The average Bonchev–Trinajstić information content (AvgIpc) is 3.36. The van der Waals surface area contributed by atoms with Gasteiger partial charge in [0.2, 0.25) is 5.13 Å². The Hall–Kier alpha value is -3.39. The summed E-state index contributed by atoms with van der Waals surface area (Å²) in [5.74, 6) is -2.12. The van der Waals surface area contributed by atoms with Gasteiger partial charge in [0.25, 0.3) is 5.78 Å². The van der Waals surface area contributed by atoms with Crippen molar-refractivity contribution in [3.8, 4) is 0 Å². The fourth-order valence-electron chi connectivity index (χ4n) is 3.66. The lowest BCUT2D eigenvalue weighted by Gasteiger charge is -2.23. The quantitative estimate of drug-likeness (QED) is 0.336. The molecule has 1 N–H and O–H groups in total. The summed E-state index contributed by atoms with van der Waals surface area (Å²) >= 11 is 1.23. The Morgan fingerprint density at radius 1 is 1.09 bits per heavy atom. The number of carbonyl (C=O) groups is 2. The van der Waals surface area contributed by atoms with Crippen LogP contribution in [0.5, 0.6) is 0 Å². The second-order valence-corrected chi connectivity index (χ2v) is 8.87. The molecule has 8 heteroatoms. The molecular weight excluding hydrogens is 429 g/mol. The zero-order valence-corrected chi connectivity index (χ0v) is 18.7. The van der Waals surface area contributed by atoms with E-state index in [1.807, 2.05) is 31.2 Å². The average molecular weight is 452 g/mol. The van der Waals surface area contributed by atoms with Gasteiger partial charge in [0.1, 0.15) is 16.6 Å². The molecule has 6 nitrogen and oxygen atoms in total. The second-order valence-electron chi connectivity index (χ2n) is 7.83. The summed E-state index contributed by atoms with van der Waals surface area (Å²) in [6, 6.07) is 11.8. The highest BCUT2D eigenvalue weighted by Crippen LogP contribution is 2.43. The molecule has 0 spiro atoms. The first-order chi connectivity index (χ1) is 15.3. The Bertz CT molecular complexity index is 1200. The number of carbonyl (C=O) groups excluding carboxylic acids is 2. The van der Waals surface area contributed by atoms with Crippen molar-refractivity contribution < 1.29 is 19.1 Å². The Balaban J connectivity index is 1.90. The van der Waals surface area contributed by atoms with E-state index in [1.54, 1.807) is 0 Å². The molecule has 1 aromatic heterocycles. The molecule has 1 aliphatic heterocycles. The molecule has 0 radical (unpaired) electrons. The maximum atomic E-state index is 13.4. The summed E-state index contributed by atoms with van der Waals surface area (Å²) in [7, 11) is 0. The number of ketones is 1. The van der Waals surface area contributed by atoms with Gasteiger partial charge in [0.05, 0.1) is 11.6 Å². The van der Waals surface area contributed by atoms with Gasteiger partial charge in [-0.2, -0.15) is 0 Å². The van der Waals surface area contributed by atoms with Crippen LogP contribution in [0.1, 0.15) is 54.4 Å². The standard InChI is InChI=1S/C24H22FN3O3S/c1-4-18-26-27-24(32-18)28-20(15-7-5-14(6-8-15)13(2)3)19(22(30)23(28)31)21(29)16-9-11-17(25)12-10-16/h5-13,20,29H,4H2,1-3H3/b21-19+. The molecule has 32 heavy (non-hydrogen) atoms. The van der Waals surface area contributed by atoms with Crippen molar-refractivity contribution in [3.63, 3.8) is 0 Å². The van der Waals surface area contributed by atoms with E-state index in [9.17, 15) is 19.1 Å². The molecule has 1 amide bonds. The van der Waals surface area contributed by atoms with E-state index < -0.39 is 23.5 Å². The smallest absolute Gasteiger partial charge is 0.301 e. The minimum Gasteiger partial charge on any atom is -0.507 e. The van der Waals surface area contributed by atoms with Crippen LogP contribution in [0.15, 0.2) is 54.1 Å². The highest BCUT2D eigenvalue weighted by molar-refractivity contribution is 7.15. The fraction of sp³-hybridized carbons (Fsp3) is 0.250. The lowest BCUT2D eigenvalue weighted by Crippen LogP contribution is -2.29. The van der Waals surface area contributed by atoms with Crippen molar-refractivity contribution >= 4 is 33.9 Å². The van der Waals surface area contributed by atoms with Crippen molar-refractivity contribution in [2.45, 2.75) is 39.2 Å². The summed E-state index contributed by atoms with van der Waals surface area (Å²) in [4.78, 5) is 27.4. The molecule has 2 aromatic carbocycles. The molecule has 1 atom stereocenters. The Morgan fingerprint density at radius 2 is 1.75 bits per heavy atom. The van der Waals surface area contributed by atoms with E-state index in [1.165, 1.54) is 40.5 Å². The predicted molar refractivity (Wildman–Crippen MR) is 121 cm³/mol. The first-order valence-electron chi connectivity index (χ1n) is 10.3. The van der Waals surface area contributed by atoms with E-state index in [2.05, 4.69) is 24.0 Å². The van der Waals surface area contributed by atoms with Crippen LogP contribution in [0.25, 0.3) is 5.76 Å². The van der Waals surface area contributed by atoms with Gasteiger partial charge >= 0.3 is 5.91 Å². The zero-order valence-electron chi connectivity index (χ0n) is 17.9. The third kappa shape index (κ3) is 3.82. The normalized spacial score (nSPS) is 18.0.